The molecule has 3 nitrogen and oxygen atoms in total. The van der Waals surface area contributed by atoms with Gasteiger partial charge in [0.15, 0.2) is 0 Å². The van der Waals surface area contributed by atoms with Gasteiger partial charge >= 0.3 is 0 Å². The largest absolute Gasteiger partial charge is 0.316 e. The minimum atomic E-state index is 0.667. The summed E-state index contributed by atoms with van der Waals surface area (Å²) in [6.45, 7) is 4.22. The number of rotatable bonds is 2. The Kier molecular flexibility index (Phi) is 3.37. The van der Waals surface area contributed by atoms with Crippen LogP contribution in [0.3, 0.4) is 0 Å². The summed E-state index contributed by atoms with van der Waals surface area (Å²) in [6.07, 6.45) is 2.56. The van der Waals surface area contributed by atoms with E-state index in [1.54, 1.807) is 0 Å². The van der Waals surface area contributed by atoms with Gasteiger partial charge in [-0.15, -0.1) is 5.10 Å². The van der Waals surface area contributed by atoms with Gasteiger partial charge in [0.25, 0.3) is 0 Å². The van der Waals surface area contributed by atoms with Crippen molar-refractivity contribution < 1.29 is 0 Å². The Morgan fingerprint density at radius 1 is 1.43 bits per heavy atom. The average Bonchev–Trinajstić information content (AvgIpc) is 2.23. The molecule has 1 aliphatic heterocycles. The highest BCUT2D eigenvalue weighted by Gasteiger charge is 2.14. The Labute approximate surface area is 88.7 Å². The zero-order valence-electron chi connectivity index (χ0n) is 8.36. The van der Waals surface area contributed by atoms with Crippen LogP contribution in [-0.4, -0.2) is 28.5 Å². The SMILES string of the molecule is Cc1ccc(S[C@@H]2CCCNC2)nn1. The van der Waals surface area contributed by atoms with Crippen molar-refractivity contribution >= 4 is 11.8 Å². The monoisotopic (exact) mass is 209 g/mol. The van der Waals surface area contributed by atoms with Gasteiger partial charge < -0.3 is 5.32 Å². The summed E-state index contributed by atoms with van der Waals surface area (Å²) in [5.41, 5.74) is 0.983. The van der Waals surface area contributed by atoms with Crippen LogP contribution in [0.5, 0.6) is 0 Å². The highest BCUT2D eigenvalue weighted by molar-refractivity contribution is 7.99. The molecule has 0 saturated carbocycles. The van der Waals surface area contributed by atoms with Crippen LogP contribution in [-0.2, 0) is 0 Å². The Morgan fingerprint density at radius 2 is 2.36 bits per heavy atom. The van der Waals surface area contributed by atoms with Crippen LogP contribution in [0.2, 0.25) is 0 Å². The lowest BCUT2D eigenvalue weighted by Crippen LogP contribution is -2.31. The summed E-state index contributed by atoms with van der Waals surface area (Å²) in [7, 11) is 0. The van der Waals surface area contributed by atoms with Crippen molar-refractivity contribution in [3.63, 3.8) is 0 Å². The number of thioether (sulfide) groups is 1. The Morgan fingerprint density at radius 3 is 3.00 bits per heavy atom. The van der Waals surface area contributed by atoms with Crippen molar-refractivity contribution in [2.75, 3.05) is 13.1 Å². The fourth-order valence-electron chi connectivity index (χ4n) is 1.54. The summed E-state index contributed by atoms with van der Waals surface area (Å²) in [5, 5.41) is 13.3. The fraction of sp³-hybridized carbons (Fsp3) is 0.600. The van der Waals surface area contributed by atoms with Gasteiger partial charge in [0, 0.05) is 11.8 Å². The molecule has 1 aromatic heterocycles. The van der Waals surface area contributed by atoms with Crippen molar-refractivity contribution in [1.29, 1.82) is 0 Å². The molecular weight excluding hydrogens is 194 g/mol. The zero-order chi connectivity index (χ0) is 9.80. The first kappa shape index (κ1) is 9.93. The summed E-state index contributed by atoms with van der Waals surface area (Å²) in [4.78, 5) is 0. The highest BCUT2D eigenvalue weighted by Crippen LogP contribution is 2.24. The molecule has 0 bridgehead atoms. The summed E-state index contributed by atoms with van der Waals surface area (Å²) in [5.74, 6) is 0. The van der Waals surface area contributed by atoms with Crippen molar-refractivity contribution in [3.05, 3.63) is 17.8 Å². The Hall–Kier alpha value is -0.610. The van der Waals surface area contributed by atoms with Gasteiger partial charge in [-0.2, -0.15) is 5.10 Å². The number of hydrogen-bond donors (Lipinski definition) is 1. The van der Waals surface area contributed by atoms with E-state index in [0.29, 0.717) is 5.25 Å². The van der Waals surface area contributed by atoms with Gasteiger partial charge in [0.2, 0.25) is 0 Å². The number of nitrogens with one attached hydrogen (secondary N) is 1. The lowest BCUT2D eigenvalue weighted by atomic mass is 10.2. The maximum absolute atomic E-state index is 4.16. The molecule has 2 rings (SSSR count). The fourth-order valence-corrected chi connectivity index (χ4v) is 2.60. The van der Waals surface area contributed by atoms with Gasteiger partial charge in [-0.05, 0) is 38.4 Å². The van der Waals surface area contributed by atoms with Gasteiger partial charge in [-0.25, -0.2) is 0 Å². The van der Waals surface area contributed by atoms with E-state index >= 15 is 0 Å². The van der Waals surface area contributed by atoms with E-state index in [1.807, 2.05) is 24.8 Å². The second-order valence-electron chi connectivity index (χ2n) is 3.60. The third kappa shape index (κ3) is 2.69. The molecule has 0 aliphatic carbocycles. The van der Waals surface area contributed by atoms with Gasteiger partial charge in [-0.1, -0.05) is 11.8 Å². The molecule has 0 radical (unpaired) electrons. The molecule has 76 valence electrons. The van der Waals surface area contributed by atoms with E-state index in [4.69, 9.17) is 0 Å². The Bertz CT molecular complexity index is 280. The Balaban J connectivity index is 1.92. The average molecular weight is 209 g/mol. The summed E-state index contributed by atoms with van der Waals surface area (Å²) >= 11 is 1.84. The number of aryl methyl sites for hydroxylation is 1. The van der Waals surface area contributed by atoms with Crippen LogP contribution in [0.25, 0.3) is 0 Å². The third-order valence-electron chi connectivity index (χ3n) is 2.31. The molecule has 1 aromatic rings. The number of nitrogens with zero attached hydrogens (tertiary/aromatic N) is 2. The molecule has 4 heteroatoms. The summed E-state index contributed by atoms with van der Waals surface area (Å²) in [6, 6.07) is 4.08. The van der Waals surface area contributed by atoms with E-state index in [-0.39, 0.29) is 0 Å². The second kappa shape index (κ2) is 4.75. The quantitative estimate of drug-likeness (QED) is 0.803. The van der Waals surface area contributed by atoms with Crippen LogP contribution in [0.15, 0.2) is 17.2 Å². The number of aromatic nitrogens is 2. The molecule has 1 aliphatic rings. The highest BCUT2D eigenvalue weighted by atomic mass is 32.2. The van der Waals surface area contributed by atoms with E-state index in [1.165, 1.54) is 12.8 Å². The molecule has 1 N–H and O–H groups in total. The zero-order valence-corrected chi connectivity index (χ0v) is 9.18. The molecule has 0 amide bonds. The van der Waals surface area contributed by atoms with E-state index in [0.717, 1.165) is 23.8 Å². The van der Waals surface area contributed by atoms with Gasteiger partial charge in [0.05, 0.1) is 5.69 Å². The smallest absolute Gasteiger partial charge is 0.119 e. The van der Waals surface area contributed by atoms with Crippen LogP contribution >= 0.6 is 11.8 Å². The van der Waals surface area contributed by atoms with Crippen molar-refractivity contribution in [1.82, 2.24) is 15.5 Å². The predicted molar refractivity (Wildman–Crippen MR) is 58.5 cm³/mol. The first-order valence-corrected chi connectivity index (χ1v) is 5.90. The lowest BCUT2D eigenvalue weighted by Gasteiger charge is -2.21. The molecule has 14 heavy (non-hydrogen) atoms. The van der Waals surface area contributed by atoms with Gasteiger partial charge in [0.1, 0.15) is 5.03 Å². The summed E-state index contributed by atoms with van der Waals surface area (Å²) < 4.78 is 0. The minimum Gasteiger partial charge on any atom is -0.316 e. The second-order valence-corrected chi connectivity index (χ2v) is 4.92. The molecule has 0 spiro atoms. The normalized spacial score (nSPS) is 22.2. The van der Waals surface area contributed by atoms with Gasteiger partial charge in [-0.3, -0.25) is 0 Å². The lowest BCUT2D eigenvalue weighted by molar-refractivity contribution is 0.531. The first-order chi connectivity index (χ1) is 6.84. The predicted octanol–water partition coefficient (Wildman–Crippen LogP) is 1.63. The van der Waals surface area contributed by atoms with Crippen LogP contribution in [0.1, 0.15) is 18.5 Å². The molecule has 0 aromatic carbocycles. The maximum Gasteiger partial charge on any atom is 0.119 e. The van der Waals surface area contributed by atoms with Crippen LogP contribution < -0.4 is 5.32 Å². The maximum atomic E-state index is 4.16. The number of hydrogen-bond acceptors (Lipinski definition) is 4. The van der Waals surface area contributed by atoms with E-state index in [9.17, 15) is 0 Å². The molecule has 1 fully saturated rings. The molecule has 1 saturated heterocycles. The first-order valence-electron chi connectivity index (χ1n) is 5.02. The van der Waals surface area contributed by atoms with Crippen molar-refractivity contribution in [3.8, 4) is 0 Å². The minimum absolute atomic E-state index is 0.667. The molecule has 0 unspecified atom stereocenters. The molecule has 1 atom stereocenters. The van der Waals surface area contributed by atoms with E-state index < -0.39 is 0 Å². The number of piperidine rings is 1. The van der Waals surface area contributed by atoms with Crippen LogP contribution in [0, 0.1) is 6.92 Å². The standard InChI is InChI=1S/C10H15N3S/c1-8-4-5-10(13-12-8)14-9-3-2-6-11-7-9/h4-5,9,11H,2-3,6-7H2,1H3/t9-/m1/s1. The molecule has 2 heterocycles. The third-order valence-corrected chi connectivity index (χ3v) is 3.51. The van der Waals surface area contributed by atoms with Crippen molar-refractivity contribution in [2.24, 2.45) is 0 Å². The van der Waals surface area contributed by atoms with Crippen molar-refractivity contribution in [2.45, 2.75) is 30.0 Å². The topological polar surface area (TPSA) is 37.8 Å². The molecular formula is C10H15N3S. The van der Waals surface area contributed by atoms with E-state index in [2.05, 4.69) is 21.6 Å². The van der Waals surface area contributed by atoms with Crippen LogP contribution in [0.4, 0.5) is 0 Å².